The highest BCUT2D eigenvalue weighted by molar-refractivity contribution is 6.28. The van der Waals surface area contributed by atoms with Gasteiger partial charge in [-0.2, -0.15) is 4.98 Å². The van der Waals surface area contributed by atoms with E-state index in [1.54, 1.807) is 20.8 Å². The van der Waals surface area contributed by atoms with E-state index >= 15 is 0 Å². The second-order valence-electron chi connectivity index (χ2n) is 4.23. The molecule has 1 aromatic rings. The summed E-state index contributed by atoms with van der Waals surface area (Å²) in [5.74, 6) is -0.0674. The molecule has 1 rings (SSSR count). The molecule has 116 valence electrons. The van der Waals surface area contributed by atoms with Gasteiger partial charge >= 0.3 is 11.8 Å². The smallest absolute Gasteiger partial charge is 0.428 e. The second kappa shape index (κ2) is 7.02. The third-order valence-electron chi connectivity index (χ3n) is 2.57. The summed E-state index contributed by atoms with van der Waals surface area (Å²) < 4.78 is 4.69. The van der Waals surface area contributed by atoms with Crippen LogP contribution in [-0.4, -0.2) is 45.7 Å². The average Bonchev–Trinajstić information content (AvgIpc) is 2.42. The van der Waals surface area contributed by atoms with E-state index in [0.29, 0.717) is 0 Å². The predicted molar refractivity (Wildman–Crippen MR) is 76.1 cm³/mol. The first-order chi connectivity index (χ1) is 9.83. The summed E-state index contributed by atoms with van der Waals surface area (Å²) in [6.45, 7) is 5.46. The van der Waals surface area contributed by atoms with Crippen molar-refractivity contribution in [3.63, 3.8) is 0 Å². The first-order valence-corrected chi connectivity index (χ1v) is 6.52. The highest BCUT2D eigenvalue weighted by Gasteiger charge is 2.31. The largest absolute Gasteiger partial charge is 0.452 e. The summed E-state index contributed by atoms with van der Waals surface area (Å²) in [5, 5.41) is 13.5. The highest BCUT2D eigenvalue weighted by atomic mass is 35.5. The third-order valence-corrected chi connectivity index (χ3v) is 2.75. The Bertz CT molecular complexity index is 539. The fourth-order valence-electron chi connectivity index (χ4n) is 1.76. The van der Waals surface area contributed by atoms with Gasteiger partial charge in [-0.15, -0.1) is 0 Å². The van der Waals surface area contributed by atoms with Crippen LogP contribution in [0.1, 0.15) is 20.8 Å². The number of hydrazine groups is 1. The number of nitrogens with zero attached hydrogens (tertiary/aromatic N) is 5. The van der Waals surface area contributed by atoms with E-state index in [1.807, 2.05) is 0 Å². The normalized spacial score (nSPS) is 10.4. The molecule has 0 aliphatic rings. The van der Waals surface area contributed by atoms with Crippen LogP contribution in [0, 0.1) is 10.1 Å². The van der Waals surface area contributed by atoms with Gasteiger partial charge in [0.2, 0.25) is 11.1 Å². The fraction of sp³-hybridized carbons (Fsp3) is 0.545. The summed E-state index contributed by atoms with van der Waals surface area (Å²) in [6.07, 6.45) is 0.348. The topological polar surface area (TPSA) is 102 Å². The predicted octanol–water partition coefficient (Wildman–Crippen LogP) is 2.26. The lowest BCUT2D eigenvalue weighted by Crippen LogP contribution is -2.50. The van der Waals surface area contributed by atoms with Crippen molar-refractivity contribution in [3.05, 3.63) is 21.6 Å². The summed E-state index contributed by atoms with van der Waals surface area (Å²) in [5.41, 5.74) is -0.351. The van der Waals surface area contributed by atoms with E-state index in [-0.39, 0.29) is 29.4 Å². The first-order valence-electron chi connectivity index (χ1n) is 6.15. The summed E-state index contributed by atoms with van der Waals surface area (Å²) in [6, 6.07) is -0.297. The van der Waals surface area contributed by atoms with Crippen LogP contribution in [0.5, 0.6) is 0 Å². The summed E-state index contributed by atoms with van der Waals surface area (Å²) >= 11 is 5.73. The Balaban J connectivity index is 3.44. The molecule has 0 aliphatic carbocycles. The molecule has 0 saturated heterocycles. The van der Waals surface area contributed by atoms with Crippen molar-refractivity contribution in [2.45, 2.75) is 26.8 Å². The number of ether oxygens (including phenoxy) is 1. The number of hydrogen-bond donors (Lipinski definition) is 0. The Morgan fingerprint density at radius 2 is 2.19 bits per heavy atom. The molecule has 0 aromatic carbocycles. The zero-order valence-corrected chi connectivity index (χ0v) is 12.9. The lowest BCUT2D eigenvalue weighted by Gasteiger charge is -2.36. The molecule has 0 atom stereocenters. The van der Waals surface area contributed by atoms with Gasteiger partial charge in [-0.3, -0.25) is 15.1 Å². The minimum atomic E-state index is -0.657. The van der Waals surface area contributed by atoms with Gasteiger partial charge in [-0.25, -0.2) is 14.8 Å². The van der Waals surface area contributed by atoms with Gasteiger partial charge < -0.3 is 4.74 Å². The van der Waals surface area contributed by atoms with E-state index in [0.717, 1.165) is 6.20 Å². The van der Waals surface area contributed by atoms with Gasteiger partial charge in [0, 0.05) is 12.6 Å². The number of amides is 1. The number of nitro groups is 1. The zero-order valence-electron chi connectivity index (χ0n) is 12.1. The molecule has 9 nitrogen and oxygen atoms in total. The van der Waals surface area contributed by atoms with Crippen molar-refractivity contribution in [1.82, 2.24) is 15.0 Å². The van der Waals surface area contributed by atoms with Crippen molar-refractivity contribution in [1.29, 1.82) is 0 Å². The standard InChI is InChI=1S/C11H16ClN5O4/c1-5-15(11(18)21-4)16(7(2)3)9-8(17(19)20)6-13-10(12)14-9/h6-7H,5H2,1-4H3. The minimum absolute atomic E-state index is 0.0674. The fourth-order valence-corrected chi connectivity index (χ4v) is 1.88. The molecule has 1 aromatic heterocycles. The van der Waals surface area contributed by atoms with Crippen molar-refractivity contribution in [3.8, 4) is 0 Å². The molecule has 1 heterocycles. The van der Waals surface area contributed by atoms with Crippen molar-refractivity contribution >= 4 is 29.2 Å². The van der Waals surface area contributed by atoms with Gasteiger partial charge in [0.25, 0.3) is 0 Å². The van der Waals surface area contributed by atoms with Crippen LogP contribution >= 0.6 is 11.6 Å². The van der Waals surface area contributed by atoms with E-state index < -0.39 is 11.0 Å². The molecular weight excluding hydrogens is 302 g/mol. The van der Waals surface area contributed by atoms with E-state index in [4.69, 9.17) is 11.6 Å². The van der Waals surface area contributed by atoms with Gasteiger partial charge in [-0.05, 0) is 32.4 Å². The maximum absolute atomic E-state index is 11.8. The number of carbonyl (C=O) groups excluding carboxylic acids is 1. The Morgan fingerprint density at radius 1 is 1.57 bits per heavy atom. The SMILES string of the molecule is CCN(C(=O)OC)N(c1nc(Cl)ncc1[N+](=O)[O-])C(C)C. The van der Waals surface area contributed by atoms with Crippen molar-refractivity contribution in [2.24, 2.45) is 0 Å². The summed E-state index contributed by atoms with van der Waals surface area (Å²) in [4.78, 5) is 29.8. The molecule has 0 N–H and O–H groups in total. The monoisotopic (exact) mass is 317 g/mol. The minimum Gasteiger partial charge on any atom is -0.452 e. The lowest BCUT2D eigenvalue weighted by atomic mass is 10.3. The number of carbonyl (C=O) groups is 1. The van der Waals surface area contributed by atoms with Gasteiger partial charge in [0.05, 0.1) is 12.0 Å². The van der Waals surface area contributed by atoms with Crippen LogP contribution in [0.3, 0.4) is 0 Å². The molecule has 0 bridgehead atoms. The molecule has 0 saturated carbocycles. The van der Waals surface area contributed by atoms with Crippen LogP contribution in [0.25, 0.3) is 0 Å². The van der Waals surface area contributed by atoms with Gasteiger partial charge in [0.15, 0.2) is 0 Å². The van der Waals surface area contributed by atoms with Gasteiger partial charge in [-0.1, -0.05) is 0 Å². The quantitative estimate of drug-likeness (QED) is 0.466. The van der Waals surface area contributed by atoms with E-state index in [1.165, 1.54) is 17.1 Å². The molecule has 1 amide bonds. The Morgan fingerprint density at radius 3 is 2.62 bits per heavy atom. The Labute approximate surface area is 126 Å². The number of methoxy groups -OCH3 is 1. The van der Waals surface area contributed by atoms with Crippen molar-refractivity contribution in [2.75, 3.05) is 18.7 Å². The lowest BCUT2D eigenvalue weighted by molar-refractivity contribution is -0.384. The van der Waals surface area contributed by atoms with Crippen LogP contribution in [0.2, 0.25) is 5.28 Å². The van der Waals surface area contributed by atoms with Crippen LogP contribution in [0.4, 0.5) is 16.3 Å². The molecule has 0 unspecified atom stereocenters. The number of rotatable bonds is 5. The number of aromatic nitrogens is 2. The molecule has 0 aliphatic heterocycles. The Hall–Kier alpha value is -2.16. The summed E-state index contributed by atoms with van der Waals surface area (Å²) in [7, 11) is 1.23. The number of anilines is 1. The van der Waals surface area contributed by atoms with Crippen LogP contribution < -0.4 is 5.01 Å². The molecule has 21 heavy (non-hydrogen) atoms. The number of hydrogen-bond acceptors (Lipinski definition) is 7. The second-order valence-corrected chi connectivity index (χ2v) is 4.57. The van der Waals surface area contributed by atoms with E-state index in [2.05, 4.69) is 14.7 Å². The number of halogens is 1. The average molecular weight is 318 g/mol. The first kappa shape index (κ1) is 16.9. The highest BCUT2D eigenvalue weighted by Crippen LogP contribution is 2.29. The molecule has 10 heteroatoms. The van der Waals surface area contributed by atoms with Crippen LogP contribution in [-0.2, 0) is 4.74 Å². The molecular formula is C11H16ClN5O4. The molecule has 0 radical (unpaired) electrons. The van der Waals surface area contributed by atoms with Crippen LogP contribution in [0.15, 0.2) is 6.20 Å². The zero-order chi connectivity index (χ0) is 16.2. The maximum Gasteiger partial charge on any atom is 0.428 e. The van der Waals surface area contributed by atoms with Crippen molar-refractivity contribution < 1.29 is 14.5 Å². The Kier molecular flexibility index (Phi) is 5.65. The maximum atomic E-state index is 11.8. The van der Waals surface area contributed by atoms with E-state index in [9.17, 15) is 14.9 Å². The molecule has 0 spiro atoms. The third kappa shape index (κ3) is 3.69. The molecule has 0 fully saturated rings. The van der Waals surface area contributed by atoms with Gasteiger partial charge in [0.1, 0.15) is 6.20 Å².